The van der Waals surface area contributed by atoms with E-state index in [0.717, 1.165) is 19.5 Å². The molecular weight excluding hydrogens is 204 g/mol. The molecule has 96 valence electrons. The lowest BCUT2D eigenvalue weighted by atomic mass is 10.2. The van der Waals surface area contributed by atoms with Gasteiger partial charge in [0.2, 0.25) is 5.91 Å². The highest BCUT2D eigenvalue weighted by Gasteiger charge is 2.10. The van der Waals surface area contributed by atoms with Crippen molar-refractivity contribution in [2.75, 3.05) is 33.4 Å². The Bertz CT molecular complexity index is 184. The maximum absolute atomic E-state index is 11.8. The van der Waals surface area contributed by atoms with Gasteiger partial charge < -0.3 is 15.0 Å². The van der Waals surface area contributed by atoms with Crippen LogP contribution in [0.2, 0.25) is 0 Å². The fourth-order valence-electron chi connectivity index (χ4n) is 1.45. The number of carbonyl (C=O) groups excluding carboxylic acids is 1. The van der Waals surface area contributed by atoms with Crippen LogP contribution in [0.15, 0.2) is 0 Å². The lowest BCUT2D eigenvalue weighted by Crippen LogP contribution is -2.34. The number of methoxy groups -OCH3 is 1. The van der Waals surface area contributed by atoms with Crippen molar-refractivity contribution in [1.29, 1.82) is 0 Å². The van der Waals surface area contributed by atoms with E-state index in [2.05, 4.69) is 19.2 Å². The van der Waals surface area contributed by atoms with Crippen molar-refractivity contribution >= 4 is 5.91 Å². The summed E-state index contributed by atoms with van der Waals surface area (Å²) < 4.78 is 4.98. The van der Waals surface area contributed by atoms with Crippen LogP contribution in [0.4, 0.5) is 0 Å². The van der Waals surface area contributed by atoms with Crippen LogP contribution >= 0.6 is 0 Å². The van der Waals surface area contributed by atoms with Crippen LogP contribution in [0, 0.1) is 0 Å². The van der Waals surface area contributed by atoms with Crippen molar-refractivity contribution < 1.29 is 9.53 Å². The van der Waals surface area contributed by atoms with Gasteiger partial charge in [-0.25, -0.2) is 0 Å². The standard InChI is InChI=1S/C12H26N2O2/c1-5-14(9-10-16-4)12(15)7-6-8-13-11(2)3/h11,13H,5-10H2,1-4H3. The highest BCUT2D eigenvalue weighted by Crippen LogP contribution is 1.97. The summed E-state index contributed by atoms with van der Waals surface area (Å²) in [4.78, 5) is 13.6. The number of amides is 1. The van der Waals surface area contributed by atoms with Crippen LogP contribution in [0.25, 0.3) is 0 Å². The first kappa shape index (κ1) is 15.4. The number of rotatable bonds is 9. The molecule has 0 aliphatic heterocycles. The Hall–Kier alpha value is -0.610. The second kappa shape index (κ2) is 9.60. The summed E-state index contributed by atoms with van der Waals surface area (Å²) in [5.74, 6) is 0.227. The minimum atomic E-state index is 0.227. The third-order valence-electron chi connectivity index (χ3n) is 2.42. The second-order valence-electron chi connectivity index (χ2n) is 4.18. The predicted octanol–water partition coefficient (Wildman–Crippen LogP) is 1.26. The van der Waals surface area contributed by atoms with Crippen LogP contribution < -0.4 is 5.32 Å². The largest absolute Gasteiger partial charge is 0.383 e. The normalized spacial score (nSPS) is 10.8. The molecule has 0 aliphatic carbocycles. The maximum atomic E-state index is 11.8. The smallest absolute Gasteiger partial charge is 0.222 e. The zero-order valence-electron chi connectivity index (χ0n) is 11.1. The molecule has 1 amide bonds. The van der Waals surface area contributed by atoms with E-state index in [1.165, 1.54) is 0 Å². The summed E-state index contributed by atoms with van der Waals surface area (Å²) in [6.07, 6.45) is 1.53. The molecule has 0 rings (SSSR count). The quantitative estimate of drug-likeness (QED) is 0.606. The summed E-state index contributed by atoms with van der Waals surface area (Å²) in [6.45, 7) is 9.20. The average Bonchev–Trinajstić information content (AvgIpc) is 2.25. The molecule has 4 heteroatoms. The molecule has 0 radical (unpaired) electrons. The Morgan fingerprint density at radius 2 is 2.12 bits per heavy atom. The van der Waals surface area contributed by atoms with E-state index >= 15 is 0 Å². The minimum Gasteiger partial charge on any atom is -0.383 e. The van der Waals surface area contributed by atoms with E-state index in [1.54, 1.807) is 7.11 Å². The molecule has 1 N–H and O–H groups in total. The first-order valence-corrected chi connectivity index (χ1v) is 6.11. The molecule has 0 heterocycles. The summed E-state index contributed by atoms with van der Waals surface area (Å²) >= 11 is 0. The summed E-state index contributed by atoms with van der Waals surface area (Å²) in [5, 5.41) is 3.31. The fourth-order valence-corrected chi connectivity index (χ4v) is 1.45. The Labute approximate surface area is 99.3 Å². The molecule has 0 spiro atoms. The molecular formula is C12H26N2O2. The molecule has 16 heavy (non-hydrogen) atoms. The molecule has 0 aromatic carbocycles. The van der Waals surface area contributed by atoms with Crippen molar-refractivity contribution in [3.63, 3.8) is 0 Å². The summed E-state index contributed by atoms with van der Waals surface area (Å²) in [5.41, 5.74) is 0. The molecule has 0 bridgehead atoms. The van der Waals surface area contributed by atoms with Gasteiger partial charge in [0.25, 0.3) is 0 Å². The summed E-state index contributed by atoms with van der Waals surface area (Å²) in [6, 6.07) is 0.492. The molecule has 0 aromatic rings. The third-order valence-corrected chi connectivity index (χ3v) is 2.42. The average molecular weight is 230 g/mol. The number of likely N-dealkylation sites (N-methyl/N-ethyl adjacent to an activating group) is 1. The van der Waals surface area contributed by atoms with E-state index in [9.17, 15) is 4.79 Å². The van der Waals surface area contributed by atoms with Crippen molar-refractivity contribution in [3.8, 4) is 0 Å². The fraction of sp³-hybridized carbons (Fsp3) is 0.917. The number of carbonyl (C=O) groups is 1. The number of hydrogen-bond acceptors (Lipinski definition) is 3. The SMILES string of the molecule is CCN(CCOC)C(=O)CCCNC(C)C. The third kappa shape index (κ3) is 7.65. The van der Waals surface area contributed by atoms with Gasteiger partial charge in [-0.05, 0) is 19.9 Å². The van der Waals surface area contributed by atoms with E-state index in [1.807, 2.05) is 11.8 Å². The van der Waals surface area contributed by atoms with Gasteiger partial charge in [0.1, 0.15) is 0 Å². The molecule has 0 unspecified atom stereocenters. The number of hydrogen-bond donors (Lipinski definition) is 1. The van der Waals surface area contributed by atoms with Crippen molar-refractivity contribution in [3.05, 3.63) is 0 Å². The maximum Gasteiger partial charge on any atom is 0.222 e. The van der Waals surface area contributed by atoms with Gasteiger partial charge in [-0.3, -0.25) is 4.79 Å². The molecule has 0 aliphatic rings. The molecule has 4 nitrogen and oxygen atoms in total. The molecule has 0 atom stereocenters. The monoisotopic (exact) mass is 230 g/mol. The Kier molecular flexibility index (Phi) is 9.24. The molecule has 0 saturated carbocycles. The second-order valence-corrected chi connectivity index (χ2v) is 4.18. The molecule has 0 fully saturated rings. The topological polar surface area (TPSA) is 41.6 Å². The van der Waals surface area contributed by atoms with Crippen LogP contribution in [0.3, 0.4) is 0 Å². The Morgan fingerprint density at radius 3 is 2.62 bits per heavy atom. The molecule has 0 aromatic heterocycles. The number of nitrogens with zero attached hydrogens (tertiary/aromatic N) is 1. The van der Waals surface area contributed by atoms with Crippen molar-refractivity contribution in [2.24, 2.45) is 0 Å². The highest BCUT2D eigenvalue weighted by molar-refractivity contribution is 5.76. The van der Waals surface area contributed by atoms with Gasteiger partial charge >= 0.3 is 0 Å². The number of nitrogens with one attached hydrogen (secondary N) is 1. The lowest BCUT2D eigenvalue weighted by Gasteiger charge is -2.20. The Balaban J connectivity index is 3.66. The Morgan fingerprint density at radius 1 is 1.44 bits per heavy atom. The number of ether oxygens (including phenoxy) is 1. The van der Waals surface area contributed by atoms with Gasteiger partial charge in [0, 0.05) is 32.7 Å². The van der Waals surface area contributed by atoms with Crippen molar-refractivity contribution in [2.45, 2.75) is 39.7 Å². The first-order chi connectivity index (χ1) is 7.61. The highest BCUT2D eigenvalue weighted by atomic mass is 16.5. The predicted molar refractivity (Wildman–Crippen MR) is 66.5 cm³/mol. The van der Waals surface area contributed by atoms with Crippen molar-refractivity contribution in [1.82, 2.24) is 10.2 Å². The van der Waals surface area contributed by atoms with E-state index in [4.69, 9.17) is 4.74 Å². The van der Waals surface area contributed by atoms with Crippen LogP contribution in [-0.4, -0.2) is 50.2 Å². The van der Waals surface area contributed by atoms with E-state index in [0.29, 0.717) is 25.6 Å². The zero-order chi connectivity index (χ0) is 12.4. The molecule has 0 saturated heterocycles. The van der Waals surface area contributed by atoms with Gasteiger partial charge in [-0.1, -0.05) is 13.8 Å². The zero-order valence-corrected chi connectivity index (χ0v) is 11.1. The lowest BCUT2D eigenvalue weighted by molar-refractivity contribution is -0.131. The van der Waals surface area contributed by atoms with Gasteiger partial charge in [-0.2, -0.15) is 0 Å². The van der Waals surface area contributed by atoms with E-state index < -0.39 is 0 Å². The minimum absolute atomic E-state index is 0.227. The van der Waals surface area contributed by atoms with E-state index in [-0.39, 0.29) is 5.91 Å². The van der Waals surface area contributed by atoms with Crippen LogP contribution in [-0.2, 0) is 9.53 Å². The van der Waals surface area contributed by atoms with Gasteiger partial charge in [0.05, 0.1) is 6.61 Å². The van der Waals surface area contributed by atoms with Gasteiger partial charge in [0.15, 0.2) is 0 Å². The van der Waals surface area contributed by atoms with Crippen LogP contribution in [0.1, 0.15) is 33.6 Å². The first-order valence-electron chi connectivity index (χ1n) is 6.11. The van der Waals surface area contributed by atoms with Gasteiger partial charge in [-0.15, -0.1) is 0 Å². The van der Waals surface area contributed by atoms with Crippen LogP contribution in [0.5, 0.6) is 0 Å². The summed E-state index contributed by atoms with van der Waals surface area (Å²) in [7, 11) is 1.66.